The van der Waals surface area contributed by atoms with Crippen LogP contribution in [0.15, 0.2) is 10.5 Å². The quantitative estimate of drug-likeness (QED) is 0.921. The predicted octanol–water partition coefficient (Wildman–Crippen LogP) is 3.73. The first-order chi connectivity index (χ1) is 8.20. The van der Waals surface area contributed by atoms with E-state index in [9.17, 15) is 9.90 Å². The summed E-state index contributed by atoms with van der Waals surface area (Å²) in [6, 6.07) is 2.01. The van der Waals surface area contributed by atoms with Crippen LogP contribution in [0.5, 0.6) is 5.75 Å². The molecule has 1 aromatic rings. The van der Waals surface area contributed by atoms with Crippen molar-refractivity contribution >= 4 is 21.9 Å². The number of halogens is 1. The van der Waals surface area contributed by atoms with Crippen LogP contribution in [0.2, 0.25) is 0 Å². The van der Waals surface area contributed by atoms with Gasteiger partial charge in [-0.2, -0.15) is 0 Å². The lowest BCUT2D eigenvalue weighted by Crippen LogP contribution is -2.27. The number of carboxylic acid groups (broad SMARTS) is 1. The van der Waals surface area contributed by atoms with Crippen molar-refractivity contribution in [3.05, 3.63) is 27.2 Å². The highest BCUT2D eigenvalue weighted by molar-refractivity contribution is 9.10. The van der Waals surface area contributed by atoms with Crippen molar-refractivity contribution < 1.29 is 14.6 Å². The first kappa shape index (κ1) is 15.0. The number of carboxylic acids is 1. The summed E-state index contributed by atoms with van der Waals surface area (Å²) in [4.78, 5) is 11.2. The molecule has 0 unspecified atom stereocenters. The molecule has 0 aliphatic carbocycles. The standard InChI is InChI=1S/C14H19BrO3/c1-8-6-11(15)9(2)12(18-5)10(8)7-14(3,4)13(16)17/h6H,7H2,1-5H3,(H,16,17). The van der Waals surface area contributed by atoms with Crippen molar-refractivity contribution in [1.82, 2.24) is 0 Å². The van der Waals surface area contributed by atoms with Crippen molar-refractivity contribution in [2.45, 2.75) is 34.1 Å². The fourth-order valence-corrected chi connectivity index (χ4v) is 2.44. The zero-order chi connectivity index (χ0) is 14.1. The Morgan fingerprint density at radius 1 is 1.44 bits per heavy atom. The summed E-state index contributed by atoms with van der Waals surface area (Å²) in [5.74, 6) is -0.0271. The molecule has 0 spiro atoms. The number of aliphatic carboxylic acids is 1. The van der Waals surface area contributed by atoms with Gasteiger partial charge in [0, 0.05) is 10.0 Å². The van der Waals surface area contributed by atoms with E-state index >= 15 is 0 Å². The topological polar surface area (TPSA) is 46.5 Å². The van der Waals surface area contributed by atoms with Gasteiger partial charge in [0.2, 0.25) is 0 Å². The van der Waals surface area contributed by atoms with Crippen LogP contribution in [0, 0.1) is 19.3 Å². The van der Waals surface area contributed by atoms with Gasteiger partial charge in [-0.15, -0.1) is 0 Å². The zero-order valence-electron chi connectivity index (χ0n) is 11.4. The Morgan fingerprint density at radius 3 is 2.44 bits per heavy atom. The van der Waals surface area contributed by atoms with Crippen LogP contribution in [0.1, 0.15) is 30.5 Å². The van der Waals surface area contributed by atoms with E-state index in [1.807, 2.05) is 19.9 Å². The molecule has 1 rings (SSSR count). The van der Waals surface area contributed by atoms with Gasteiger partial charge in [-0.1, -0.05) is 15.9 Å². The van der Waals surface area contributed by atoms with Crippen LogP contribution in [0.3, 0.4) is 0 Å². The van der Waals surface area contributed by atoms with E-state index in [2.05, 4.69) is 15.9 Å². The highest BCUT2D eigenvalue weighted by Gasteiger charge is 2.30. The molecule has 1 aromatic carbocycles. The van der Waals surface area contributed by atoms with E-state index in [-0.39, 0.29) is 0 Å². The van der Waals surface area contributed by atoms with Gasteiger partial charge in [-0.25, -0.2) is 0 Å². The molecule has 0 radical (unpaired) electrons. The number of hydrogen-bond donors (Lipinski definition) is 1. The largest absolute Gasteiger partial charge is 0.496 e. The summed E-state index contributed by atoms with van der Waals surface area (Å²) in [5, 5.41) is 9.23. The molecule has 3 nitrogen and oxygen atoms in total. The number of methoxy groups -OCH3 is 1. The smallest absolute Gasteiger partial charge is 0.309 e. The second kappa shape index (κ2) is 5.31. The van der Waals surface area contributed by atoms with Crippen LogP contribution in [-0.4, -0.2) is 18.2 Å². The number of ether oxygens (including phenoxy) is 1. The van der Waals surface area contributed by atoms with E-state index in [4.69, 9.17) is 4.74 Å². The Kier molecular flexibility index (Phi) is 4.43. The number of hydrogen-bond acceptors (Lipinski definition) is 2. The molecule has 0 aliphatic heterocycles. The summed E-state index contributed by atoms with van der Waals surface area (Å²) >= 11 is 3.48. The number of aryl methyl sites for hydroxylation is 1. The van der Waals surface area contributed by atoms with Gasteiger partial charge in [0.1, 0.15) is 5.75 Å². The van der Waals surface area contributed by atoms with Gasteiger partial charge in [0.25, 0.3) is 0 Å². The predicted molar refractivity (Wildman–Crippen MR) is 75.3 cm³/mol. The van der Waals surface area contributed by atoms with Crippen molar-refractivity contribution in [1.29, 1.82) is 0 Å². The molecule has 0 saturated carbocycles. The lowest BCUT2D eigenvalue weighted by molar-refractivity contribution is -0.146. The number of rotatable bonds is 4. The molecule has 0 atom stereocenters. The molecule has 100 valence electrons. The Morgan fingerprint density at radius 2 is 2.00 bits per heavy atom. The molecular formula is C14H19BrO3. The van der Waals surface area contributed by atoms with Gasteiger partial charge in [-0.05, 0) is 51.3 Å². The SMILES string of the molecule is COc1c(C)c(Br)cc(C)c1CC(C)(C)C(=O)O. The van der Waals surface area contributed by atoms with Gasteiger partial charge in [-0.3, -0.25) is 4.79 Å². The molecule has 0 heterocycles. The summed E-state index contributed by atoms with van der Waals surface area (Å²) in [6.07, 6.45) is 0.450. The van der Waals surface area contributed by atoms with Crippen molar-refractivity contribution in [2.75, 3.05) is 7.11 Å². The lowest BCUT2D eigenvalue weighted by Gasteiger charge is -2.23. The Bertz CT molecular complexity index is 478. The van der Waals surface area contributed by atoms with Crippen LogP contribution in [0.25, 0.3) is 0 Å². The monoisotopic (exact) mass is 314 g/mol. The lowest BCUT2D eigenvalue weighted by atomic mass is 9.83. The minimum Gasteiger partial charge on any atom is -0.496 e. The molecule has 0 bridgehead atoms. The minimum atomic E-state index is -0.807. The average Bonchev–Trinajstić information content (AvgIpc) is 2.26. The number of carbonyl (C=O) groups is 1. The van der Waals surface area contributed by atoms with Gasteiger partial charge < -0.3 is 9.84 Å². The molecule has 0 aliphatic rings. The highest BCUT2D eigenvalue weighted by atomic mass is 79.9. The zero-order valence-corrected chi connectivity index (χ0v) is 13.0. The maximum absolute atomic E-state index is 11.2. The Balaban J connectivity index is 3.33. The molecule has 1 N–H and O–H groups in total. The van der Waals surface area contributed by atoms with Crippen LogP contribution in [0.4, 0.5) is 0 Å². The second-order valence-electron chi connectivity index (χ2n) is 5.18. The maximum Gasteiger partial charge on any atom is 0.309 e. The Labute approximate surface area is 116 Å². The van der Waals surface area contributed by atoms with Gasteiger partial charge >= 0.3 is 5.97 Å². The van der Waals surface area contributed by atoms with E-state index in [1.165, 1.54) is 0 Å². The van der Waals surface area contributed by atoms with Crippen molar-refractivity contribution in [3.63, 3.8) is 0 Å². The first-order valence-corrected chi connectivity index (χ1v) is 6.56. The highest BCUT2D eigenvalue weighted by Crippen LogP contribution is 2.36. The molecule has 0 saturated heterocycles. The van der Waals surface area contributed by atoms with Crippen molar-refractivity contribution in [2.24, 2.45) is 5.41 Å². The third-order valence-corrected chi connectivity index (χ3v) is 4.02. The van der Waals surface area contributed by atoms with E-state index in [0.717, 1.165) is 26.9 Å². The molecule has 0 amide bonds. The van der Waals surface area contributed by atoms with Crippen LogP contribution < -0.4 is 4.74 Å². The minimum absolute atomic E-state index is 0.450. The molecule has 0 fully saturated rings. The third kappa shape index (κ3) is 2.86. The maximum atomic E-state index is 11.2. The summed E-state index contributed by atoms with van der Waals surface area (Å²) in [6.45, 7) is 7.39. The van der Waals surface area contributed by atoms with Gasteiger partial charge in [0.05, 0.1) is 12.5 Å². The van der Waals surface area contributed by atoms with E-state index < -0.39 is 11.4 Å². The first-order valence-electron chi connectivity index (χ1n) is 5.76. The normalized spacial score (nSPS) is 11.4. The summed E-state index contributed by atoms with van der Waals surface area (Å²) < 4.78 is 6.42. The Hall–Kier alpha value is -1.03. The summed E-state index contributed by atoms with van der Waals surface area (Å²) in [5.41, 5.74) is 2.20. The average molecular weight is 315 g/mol. The third-order valence-electron chi connectivity index (χ3n) is 3.19. The van der Waals surface area contributed by atoms with E-state index in [0.29, 0.717) is 6.42 Å². The van der Waals surface area contributed by atoms with Crippen LogP contribution >= 0.6 is 15.9 Å². The second-order valence-corrected chi connectivity index (χ2v) is 6.03. The van der Waals surface area contributed by atoms with Crippen molar-refractivity contribution in [3.8, 4) is 5.75 Å². The molecular weight excluding hydrogens is 296 g/mol. The molecule has 4 heteroatoms. The van der Waals surface area contributed by atoms with E-state index in [1.54, 1.807) is 21.0 Å². The number of benzene rings is 1. The molecule has 0 aromatic heterocycles. The fraction of sp³-hybridized carbons (Fsp3) is 0.500. The van der Waals surface area contributed by atoms with Crippen LogP contribution in [-0.2, 0) is 11.2 Å². The summed E-state index contributed by atoms with van der Waals surface area (Å²) in [7, 11) is 1.62. The van der Waals surface area contributed by atoms with Gasteiger partial charge in [0.15, 0.2) is 0 Å². The fourth-order valence-electron chi connectivity index (χ4n) is 1.91. The molecule has 18 heavy (non-hydrogen) atoms.